The standard InChI is InChI=1S/C30H39N3O8S/c1-17(34)32-21-9-7-18-15-25(38-2)28(40-4)29(41-5)27(18)19-8-10-22(24(35)16-20(19)21)33-23(12-14-42-6)30(37)31-13-11-26(36)39-3/h8,10,15-16,21,23H,7,9,11-14H2,1-6H3,(H,31,37)(H,32,34)(H,33,35). The van der Waals surface area contributed by atoms with Crippen LogP contribution in [0.1, 0.15) is 43.4 Å². The number of hydrogen-bond donors (Lipinski definition) is 3. The minimum atomic E-state index is -0.720. The Balaban J connectivity index is 2.14. The molecule has 0 aliphatic heterocycles. The molecular weight excluding hydrogens is 562 g/mol. The van der Waals surface area contributed by atoms with Crippen molar-refractivity contribution in [3.63, 3.8) is 0 Å². The van der Waals surface area contributed by atoms with Gasteiger partial charge in [-0.3, -0.25) is 19.2 Å². The summed E-state index contributed by atoms with van der Waals surface area (Å²) < 4.78 is 21.7. The number of esters is 1. The minimum Gasteiger partial charge on any atom is -0.493 e. The molecule has 0 bridgehead atoms. The molecule has 0 heterocycles. The van der Waals surface area contributed by atoms with Crippen LogP contribution in [0, 0.1) is 0 Å². The van der Waals surface area contributed by atoms with Crippen LogP contribution in [-0.2, 0) is 25.5 Å². The van der Waals surface area contributed by atoms with Gasteiger partial charge in [0, 0.05) is 19.0 Å². The molecule has 12 heteroatoms. The van der Waals surface area contributed by atoms with E-state index < -0.39 is 18.1 Å². The zero-order valence-electron chi connectivity index (χ0n) is 24.9. The van der Waals surface area contributed by atoms with Crippen molar-refractivity contribution in [2.45, 2.75) is 44.7 Å². The van der Waals surface area contributed by atoms with Crippen LogP contribution in [0.15, 0.2) is 29.1 Å². The number of rotatable bonds is 13. The maximum atomic E-state index is 13.6. The molecule has 2 unspecified atom stereocenters. The molecule has 2 aromatic rings. The quantitative estimate of drug-likeness (QED) is 0.293. The molecule has 2 aromatic carbocycles. The number of nitrogens with one attached hydrogen (secondary N) is 3. The van der Waals surface area contributed by atoms with E-state index in [0.29, 0.717) is 53.4 Å². The summed E-state index contributed by atoms with van der Waals surface area (Å²) in [5, 5.41) is 8.85. The SMILES string of the molecule is COC(=O)CCNC(=O)C(CCSC)Nc1ccc2c(cc1=O)C(NC(C)=O)CCc1cc(OC)c(OC)c(OC)c1-2. The van der Waals surface area contributed by atoms with Crippen molar-refractivity contribution in [3.8, 4) is 28.4 Å². The van der Waals surface area contributed by atoms with Gasteiger partial charge in [0.05, 0.1) is 46.6 Å². The van der Waals surface area contributed by atoms with Gasteiger partial charge in [-0.2, -0.15) is 11.8 Å². The second kappa shape index (κ2) is 15.3. The monoisotopic (exact) mass is 601 g/mol. The number of fused-ring (bicyclic) bond motifs is 3. The van der Waals surface area contributed by atoms with Gasteiger partial charge in [-0.1, -0.05) is 6.07 Å². The number of methoxy groups -OCH3 is 4. The first-order valence-electron chi connectivity index (χ1n) is 13.6. The number of amides is 2. The van der Waals surface area contributed by atoms with E-state index in [-0.39, 0.29) is 35.9 Å². The van der Waals surface area contributed by atoms with Crippen LogP contribution in [0.25, 0.3) is 11.1 Å². The molecule has 0 fully saturated rings. The van der Waals surface area contributed by atoms with Crippen LogP contribution in [0.2, 0.25) is 0 Å². The summed E-state index contributed by atoms with van der Waals surface area (Å²) in [6, 6.07) is 5.66. The Bertz CT molecular complexity index is 1370. The highest BCUT2D eigenvalue weighted by Gasteiger charge is 2.30. The summed E-state index contributed by atoms with van der Waals surface area (Å²) >= 11 is 1.58. The number of ether oxygens (including phenoxy) is 4. The fourth-order valence-corrected chi connectivity index (χ4v) is 5.50. The minimum absolute atomic E-state index is 0.0390. The average Bonchev–Trinajstić information content (AvgIpc) is 3.22. The van der Waals surface area contributed by atoms with E-state index in [2.05, 4.69) is 20.7 Å². The highest BCUT2D eigenvalue weighted by atomic mass is 32.2. The molecule has 0 saturated carbocycles. The van der Waals surface area contributed by atoms with Gasteiger partial charge in [0.2, 0.25) is 23.0 Å². The van der Waals surface area contributed by atoms with E-state index in [4.69, 9.17) is 14.2 Å². The third kappa shape index (κ3) is 7.67. The van der Waals surface area contributed by atoms with Crippen LogP contribution >= 0.6 is 11.8 Å². The molecule has 0 radical (unpaired) electrons. The first kappa shape index (κ1) is 32.6. The fourth-order valence-electron chi connectivity index (χ4n) is 5.03. The van der Waals surface area contributed by atoms with Crippen molar-refractivity contribution in [2.24, 2.45) is 0 Å². The number of benzene rings is 1. The van der Waals surface area contributed by atoms with Crippen LogP contribution in [0.4, 0.5) is 5.69 Å². The van der Waals surface area contributed by atoms with Crippen LogP contribution in [0.3, 0.4) is 0 Å². The Morgan fingerprint density at radius 2 is 1.79 bits per heavy atom. The molecule has 1 aliphatic carbocycles. The second-order valence-corrected chi connectivity index (χ2v) is 10.7. The highest BCUT2D eigenvalue weighted by Crippen LogP contribution is 2.50. The Labute approximate surface area is 250 Å². The lowest BCUT2D eigenvalue weighted by atomic mass is 9.95. The first-order chi connectivity index (χ1) is 20.2. The highest BCUT2D eigenvalue weighted by molar-refractivity contribution is 7.98. The Kier molecular flexibility index (Phi) is 11.9. The van der Waals surface area contributed by atoms with Crippen molar-refractivity contribution in [1.82, 2.24) is 10.6 Å². The van der Waals surface area contributed by atoms with Gasteiger partial charge in [0.1, 0.15) is 6.04 Å². The molecular formula is C30H39N3O8S. The smallest absolute Gasteiger partial charge is 0.307 e. The summed E-state index contributed by atoms with van der Waals surface area (Å²) in [7, 11) is 5.90. The topological polar surface area (TPSA) is 141 Å². The second-order valence-electron chi connectivity index (χ2n) is 9.69. The number of aryl methyl sites for hydroxylation is 1. The lowest BCUT2D eigenvalue weighted by Gasteiger charge is -2.19. The molecule has 228 valence electrons. The summed E-state index contributed by atoms with van der Waals surface area (Å²) in [5.74, 6) is 1.05. The Morgan fingerprint density at radius 3 is 2.40 bits per heavy atom. The molecule has 0 spiro atoms. The molecule has 3 rings (SSSR count). The fraction of sp³-hybridized carbons (Fsp3) is 0.467. The molecule has 2 amide bonds. The number of carbonyl (C=O) groups excluding carboxylic acids is 3. The van der Waals surface area contributed by atoms with Crippen molar-refractivity contribution >= 4 is 35.2 Å². The number of anilines is 1. The van der Waals surface area contributed by atoms with E-state index in [9.17, 15) is 19.2 Å². The third-order valence-electron chi connectivity index (χ3n) is 7.03. The summed E-state index contributed by atoms with van der Waals surface area (Å²) in [6.07, 6.45) is 3.53. The van der Waals surface area contributed by atoms with Crippen LogP contribution in [-0.4, -0.2) is 70.8 Å². The molecule has 0 aromatic heterocycles. The predicted molar refractivity (Wildman–Crippen MR) is 163 cm³/mol. The number of thioether (sulfide) groups is 1. The van der Waals surface area contributed by atoms with Crippen molar-refractivity contribution in [3.05, 3.63) is 45.6 Å². The van der Waals surface area contributed by atoms with Gasteiger partial charge in [-0.15, -0.1) is 0 Å². The molecule has 11 nitrogen and oxygen atoms in total. The van der Waals surface area contributed by atoms with Gasteiger partial charge in [0.15, 0.2) is 11.5 Å². The van der Waals surface area contributed by atoms with Gasteiger partial charge in [-0.05, 0) is 66.2 Å². The average molecular weight is 602 g/mol. The van der Waals surface area contributed by atoms with Gasteiger partial charge in [-0.25, -0.2) is 0 Å². The van der Waals surface area contributed by atoms with Gasteiger partial charge >= 0.3 is 5.97 Å². The van der Waals surface area contributed by atoms with Crippen molar-refractivity contribution in [1.29, 1.82) is 0 Å². The number of carbonyl (C=O) groups is 3. The summed E-state index contributed by atoms with van der Waals surface area (Å²) in [6.45, 7) is 1.55. The first-order valence-corrected chi connectivity index (χ1v) is 15.0. The van der Waals surface area contributed by atoms with Gasteiger partial charge in [0.25, 0.3) is 0 Å². The lowest BCUT2D eigenvalue weighted by Crippen LogP contribution is -2.41. The molecule has 3 N–H and O–H groups in total. The maximum absolute atomic E-state index is 13.6. The zero-order chi connectivity index (χ0) is 30.8. The zero-order valence-corrected chi connectivity index (χ0v) is 25.7. The maximum Gasteiger partial charge on any atom is 0.307 e. The van der Waals surface area contributed by atoms with Crippen molar-refractivity contribution in [2.75, 3.05) is 52.3 Å². The molecule has 42 heavy (non-hydrogen) atoms. The van der Waals surface area contributed by atoms with E-state index in [0.717, 1.165) is 11.1 Å². The molecule has 2 atom stereocenters. The van der Waals surface area contributed by atoms with E-state index in [1.54, 1.807) is 31.0 Å². The van der Waals surface area contributed by atoms with Crippen LogP contribution in [0.5, 0.6) is 17.2 Å². The summed E-state index contributed by atoms with van der Waals surface area (Å²) in [4.78, 5) is 50.4. The van der Waals surface area contributed by atoms with E-state index in [1.165, 1.54) is 34.3 Å². The normalized spacial score (nSPS) is 14.3. The predicted octanol–water partition coefficient (Wildman–Crippen LogP) is 3.08. The molecule has 1 aliphatic rings. The van der Waals surface area contributed by atoms with Crippen molar-refractivity contribution < 1.29 is 33.3 Å². The Hall–Kier alpha value is -3.93. The van der Waals surface area contributed by atoms with E-state index >= 15 is 0 Å². The third-order valence-corrected chi connectivity index (χ3v) is 7.67. The lowest BCUT2D eigenvalue weighted by molar-refractivity contribution is -0.140. The van der Waals surface area contributed by atoms with Crippen LogP contribution < -0.4 is 35.6 Å². The largest absolute Gasteiger partial charge is 0.493 e. The molecule has 0 saturated heterocycles. The van der Waals surface area contributed by atoms with E-state index in [1.807, 2.05) is 12.3 Å². The van der Waals surface area contributed by atoms with Gasteiger partial charge < -0.3 is 34.9 Å². The summed E-state index contributed by atoms with van der Waals surface area (Å²) in [5.41, 5.74) is 2.84. The number of hydrogen-bond acceptors (Lipinski definition) is 10. The Morgan fingerprint density at radius 1 is 1.05 bits per heavy atom.